The highest BCUT2D eigenvalue weighted by Gasteiger charge is 2.36. The summed E-state index contributed by atoms with van der Waals surface area (Å²) in [5, 5.41) is 4.82. The molecule has 0 bridgehead atoms. The number of carbonyl (C=O) groups is 4. The van der Waals surface area contributed by atoms with Crippen LogP contribution in [0.15, 0.2) is 72.3 Å². The summed E-state index contributed by atoms with van der Waals surface area (Å²) in [7, 11) is 1.48. The van der Waals surface area contributed by atoms with Crippen molar-refractivity contribution in [2.45, 2.75) is 0 Å². The van der Waals surface area contributed by atoms with Crippen LogP contribution in [0.5, 0.6) is 11.5 Å². The average molecular weight is 524 g/mol. The van der Waals surface area contributed by atoms with E-state index in [1.54, 1.807) is 12.1 Å². The molecule has 1 aliphatic rings. The predicted octanol–water partition coefficient (Wildman–Crippen LogP) is 4.17. The van der Waals surface area contributed by atoms with Gasteiger partial charge < -0.3 is 14.8 Å². The Labute approximate surface area is 215 Å². The van der Waals surface area contributed by atoms with Gasteiger partial charge in [0.25, 0.3) is 17.7 Å². The smallest absolute Gasteiger partial charge is 0.335 e. The van der Waals surface area contributed by atoms with Crippen LogP contribution in [0.25, 0.3) is 6.08 Å². The summed E-state index contributed by atoms with van der Waals surface area (Å²) in [5.41, 5.74) is 0.762. The normalized spacial score (nSPS) is 14.4. The van der Waals surface area contributed by atoms with Crippen molar-refractivity contribution >= 4 is 52.8 Å². The predicted molar refractivity (Wildman–Crippen MR) is 134 cm³/mol. The minimum atomic E-state index is -0.877. The van der Waals surface area contributed by atoms with Gasteiger partial charge in [0.05, 0.1) is 17.8 Å². The number of rotatable bonds is 7. The first-order valence-corrected chi connectivity index (χ1v) is 11.2. The maximum Gasteiger partial charge on any atom is 0.335 e. The van der Waals surface area contributed by atoms with E-state index in [2.05, 4.69) is 10.6 Å². The summed E-state index contributed by atoms with van der Waals surface area (Å²) in [6.07, 6.45) is 1.29. The van der Waals surface area contributed by atoms with Gasteiger partial charge >= 0.3 is 6.03 Å². The summed E-state index contributed by atoms with van der Waals surface area (Å²) in [4.78, 5) is 50.7. The molecule has 37 heavy (non-hydrogen) atoms. The quantitative estimate of drug-likeness (QED) is 0.355. The number of methoxy groups -OCH3 is 1. The molecule has 2 N–H and O–H groups in total. The van der Waals surface area contributed by atoms with Crippen molar-refractivity contribution in [2.24, 2.45) is 0 Å². The van der Waals surface area contributed by atoms with Crippen LogP contribution in [-0.2, 0) is 14.4 Å². The Morgan fingerprint density at radius 1 is 1.05 bits per heavy atom. The van der Waals surface area contributed by atoms with Crippen LogP contribution in [0.2, 0.25) is 5.02 Å². The van der Waals surface area contributed by atoms with Gasteiger partial charge in [-0.15, -0.1) is 0 Å². The lowest BCUT2D eigenvalue weighted by Gasteiger charge is -2.26. The number of anilines is 2. The molecule has 4 rings (SSSR count). The third kappa shape index (κ3) is 5.93. The lowest BCUT2D eigenvalue weighted by Crippen LogP contribution is -2.54. The number of nitrogens with one attached hydrogen (secondary N) is 2. The number of hydrogen-bond donors (Lipinski definition) is 2. The van der Waals surface area contributed by atoms with Crippen LogP contribution in [0.4, 0.5) is 20.6 Å². The molecule has 188 valence electrons. The largest absolute Gasteiger partial charge is 0.497 e. The Morgan fingerprint density at radius 2 is 1.76 bits per heavy atom. The molecule has 0 spiro atoms. The number of imide groups is 2. The molecule has 1 heterocycles. The van der Waals surface area contributed by atoms with Gasteiger partial charge in [0, 0.05) is 5.69 Å². The van der Waals surface area contributed by atoms with Gasteiger partial charge in [0.1, 0.15) is 22.9 Å². The number of nitrogens with zero attached hydrogens (tertiary/aromatic N) is 1. The molecule has 3 aromatic carbocycles. The number of carbonyl (C=O) groups excluding carboxylic acids is 4. The summed E-state index contributed by atoms with van der Waals surface area (Å²) < 4.78 is 23.5. The average Bonchev–Trinajstić information content (AvgIpc) is 2.87. The summed E-state index contributed by atoms with van der Waals surface area (Å²) >= 11 is 6.27. The number of ether oxygens (including phenoxy) is 2. The molecule has 1 saturated heterocycles. The van der Waals surface area contributed by atoms with Crippen LogP contribution in [0.3, 0.4) is 0 Å². The number of hydrogen-bond acceptors (Lipinski definition) is 6. The van der Waals surface area contributed by atoms with Crippen molar-refractivity contribution in [1.82, 2.24) is 5.32 Å². The Balaban J connectivity index is 1.47. The molecule has 0 saturated carbocycles. The summed E-state index contributed by atoms with van der Waals surface area (Å²) in [6.45, 7) is -0.364. The Kier molecular flexibility index (Phi) is 7.49. The van der Waals surface area contributed by atoms with E-state index in [0.29, 0.717) is 17.0 Å². The molecule has 0 aliphatic carbocycles. The molecule has 0 radical (unpaired) electrons. The van der Waals surface area contributed by atoms with Crippen molar-refractivity contribution < 1.29 is 33.0 Å². The fraction of sp³-hybridized carbons (Fsp3) is 0.0769. The second-order valence-electron chi connectivity index (χ2n) is 7.69. The molecule has 3 aromatic rings. The molecule has 0 aromatic heterocycles. The highest BCUT2D eigenvalue weighted by Crippen LogP contribution is 2.28. The molecule has 0 unspecified atom stereocenters. The highest BCUT2D eigenvalue weighted by atomic mass is 35.5. The topological polar surface area (TPSA) is 114 Å². The lowest BCUT2D eigenvalue weighted by molar-refractivity contribution is -0.122. The van der Waals surface area contributed by atoms with Crippen molar-refractivity contribution in [3.05, 3.63) is 88.7 Å². The van der Waals surface area contributed by atoms with E-state index in [4.69, 9.17) is 21.1 Å². The first-order valence-electron chi connectivity index (χ1n) is 10.8. The van der Waals surface area contributed by atoms with Crippen LogP contribution in [0.1, 0.15) is 5.56 Å². The van der Waals surface area contributed by atoms with Gasteiger partial charge in [-0.05, 0) is 72.3 Å². The minimum Gasteiger partial charge on any atom is -0.497 e. The van der Waals surface area contributed by atoms with Crippen molar-refractivity contribution in [3.8, 4) is 11.5 Å². The Morgan fingerprint density at radius 3 is 2.41 bits per heavy atom. The highest BCUT2D eigenvalue weighted by molar-refractivity contribution is 6.39. The maximum atomic E-state index is 13.0. The number of amides is 5. The van der Waals surface area contributed by atoms with Crippen LogP contribution >= 0.6 is 11.6 Å². The van der Waals surface area contributed by atoms with Crippen molar-refractivity contribution in [1.29, 1.82) is 0 Å². The fourth-order valence-corrected chi connectivity index (χ4v) is 3.63. The lowest BCUT2D eigenvalue weighted by atomic mass is 10.1. The molecule has 1 aliphatic heterocycles. The monoisotopic (exact) mass is 523 g/mol. The number of halogens is 2. The zero-order valence-corrected chi connectivity index (χ0v) is 20.0. The SMILES string of the molecule is COc1ccc(N2C(=O)NC(=O)/C(=C\c3ccc(OCC(=O)Nc4ccc(F)cc4)c(Cl)c3)C2=O)cc1. The second kappa shape index (κ2) is 10.9. The van der Waals surface area contributed by atoms with Crippen LogP contribution in [-0.4, -0.2) is 37.5 Å². The number of benzene rings is 3. The number of barbiturate groups is 1. The standard InChI is InChI=1S/C26H19ClFN3O6/c1-36-19-9-7-18(8-10-19)31-25(34)20(24(33)30-26(31)35)12-15-2-11-22(21(27)13-15)37-14-23(32)29-17-5-3-16(28)4-6-17/h2-13H,14H2,1H3,(H,29,32)(H,30,33,35)/b20-12+. The third-order valence-corrected chi connectivity index (χ3v) is 5.48. The second-order valence-corrected chi connectivity index (χ2v) is 8.10. The van der Waals surface area contributed by atoms with Gasteiger partial charge in [-0.2, -0.15) is 0 Å². The van der Waals surface area contributed by atoms with E-state index < -0.39 is 29.6 Å². The first-order chi connectivity index (χ1) is 17.7. The van der Waals surface area contributed by atoms with Gasteiger partial charge in [0.15, 0.2) is 6.61 Å². The summed E-state index contributed by atoms with van der Waals surface area (Å²) in [5.74, 6) is -1.86. The molecule has 0 atom stereocenters. The van der Waals surface area contributed by atoms with E-state index in [1.165, 1.54) is 67.8 Å². The fourth-order valence-electron chi connectivity index (χ4n) is 3.39. The van der Waals surface area contributed by atoms with E-state index in [0.717, 1.165) is 4.90 Å². The molecule has 11 heteroatoms. The van der Waals surface area contributed by atoms with Gasteiger partial charge in [-0.3, -0.25) is 19.7 Å². The zero-order chi connectivity index (χ0) is 26.5. The van der Waals surface area contributed by atoms with Crippen molar-refractivity contribution in [3.63, 3.8) is 0 Å². The molecule has 5 amide bonds. The molecule has 9 nitrogen and oxygen atoms in total. The molecule has 1 fully saturated rings. The Bertz CT molecular complexity index is 1410. The zero-order valence-electron chi connectivity index (χ0n) is 19.3. The third-order valence-electron chi connectivity index (χ3n) is 5.19. The molecular formula is C26H19ClFN3O6. The number of urea groups is 1. The maximum absolute atomic E-state index is 13.0. The Hall–Kier alpha value is -4.70. The van der Waals surface area contributed by atoms with E-state index in [9.17, 15) is 23.6 Å². The first kappa shape index (κ1) is 25.4. The summed E-state index contributed by atoms with van der Waals surface area (Å²) in [6, 6.07) is 15.0. The van der Waals surface area contributed by atoms with Crippen LogP contribution < -0.4 is 25.0 Å². The van der Waals surface area contributed by atoms with E-state index in [-0.39, 0.29) is 28.6 Å². The molecular weight excluding hydrogens is 505 g/mol. The van der Waals surface area contributed by atoms with Gasteiger partial charge in [-0.25, -0.2) is 14.1 Å². The van der Waals surface area contributed by atoms with Crippen LogP contribution in [0, 0.1) is 5.82 Å². The van der Waals surface area contributed by atoms with E-state index >= 15 is 0 Å². The van der Waals surface area contributed by atoms with E-state index in [1.807, 2.05) is 0 Å². The van der Waals surface area contributed by atoms with Gasteiger partial charge in [0.2, 0.25) is 0 Å². The van der Waals surface area contributed by atoms with Gasteiger partial charge in [-0.1, -0.05) is 17.7 Å². The minimum absolute atomic E-state index is 0.121. The van der Waals surface area contributed by atoms with Crippen molar-refractivity contribution in [2.75, 3.05) is 23.9 Å².